The summed E-state index contributed by atoms with van der Waals surface area (Å²) in [5, 5.41) is 5.97. The number of anilines is 1. The molecule has 5 rings (SSSR count). The van der Waals surface area contributed by atoms with Crippen molar-refractivity contribution in [2.24, 2.45) is 0 Å². The van der Waals surface area contributed by atoms with Gasteiger partial charge in [-0.1, -0.05) is 30.3 Å². The molecule has 0 radical (unpaired) electrons. The molecule has 3 aromatic rings. The molecule has 2 aromatic carbocycles. The summed E-state index contributed by atoms with van der Waals surface area (Å²) in [4.78, 5) is 31.4. The quantitative estimate of drug-likeness (QED) is 0.681. The Hall–Kier alpha value is -3.87. The van der Waals surface area contributed by atoms with E-state index in [-0.39, 0.29) is 18.0 Å². The van der Waals surface area contributed by atoms with Gasteiger partial charge >= 0.3 is 6.03 Å². The number of hydrogen-bond acceptors (Lipinski definition) is 4. The van der Waals surface area contributed by atoms with Gasteiger partial charge in [0.25, 0.3) is 5.91 Å². The lowest BCUT2D eigenvalue weighted by Gasteiger charge is -2.50. The molecule has 7 nitrogen and oxygen atoms in total. The van der Waals surface area contributed by atoms with Crippen LogP contribution in [0.25, 0.3) is 0 Å². The Kier molecular flexibility index (Phi) is 4.58. The highest BCUT2D eigenvalue weighted by Crippen LogP contribution is 2.45. The third-order valence-corrected chi connectivity index (χ3v) is 5.72. The standard InChI is InChI=1S/C24H22N4O3/c1-24-13-20(19-9-2-3-10-21(19)31-24)27-23(30)28(24)18-8-4-7-17(12-18)22(29)26-15-16-6-5-11-25-14-16/h2-12,14,20H,13,15H2,1H3,(H,26,29)(H,27,30). The molecule has 7 heteroatoms. The summed E-state index contributed by atoms with van der Waals surface area (Å²) < 4.78 is 6.29. The van der Waals surface area contributed by atoms with Crippen LogP contribution in [0.15, 0.2) is 73.1 Å². The summed E-state index contributed by atoms with van der Waals surface area (Å²) in [6.45, 7) is 2.28. The van der Waals surface area contributed by atoms with Gasteiger partial charge in [-0.05, 0) is 42.8 Å². The SMILES string of the molecule is CC12CC(NC(=O)N1c1cccc(C(=O)NCc3cccnc3)c1)c1ccccc1O2. The smallest absolute Gasteiger partial charge is 0.325 e. The van der Waals surface area contributed by atoms with E-state index in [1.54, 1.807) is 35.5 Å². The number of pyridine rings is 1. The average molecular weight is 414 g/mol. The molecule has 3 heterocycles. The van der Waals surface area contributed by atoms with E-state index < -0.39 is 5.72 Å². The Morgan fingerprint density at radius 2 is 2.10 bits per heavy atom. The lowest BCUT2D eigenvalue weighted by atomic mass is 9.90. The van der Waals surface area contributed by atoms with Crippen LogP contribution < -0.4 is 20.3 Å². The third kappa shape index (κ3) is 3.48. The third-order valence-electron chi connectivity index (χ3n) is 5.72. The number of carbonyl (C=O) groups excluding carboxylic acids is 2. The van der Waals surface area contributed by atoms with Crippen molar-refractivity contribution in [2.45, 2.75) is 31.7 Å². The van der Waals surface area contributed by atoms with Crippen LogP contribution in [-0.4, -0.2) is 22.6 Å². The molecule has 2 bridgehead atoms. The number of nitrogens with zero attached hydrogens (tertiary/aromatic N) is 2. The maximum Gasteiger partial charge on any atom is 0.325 e. The molecule has 1 fully saturated rings. The molecule has 2 aliphatic rings. The molecule has 3 amide bonds. The van der Waals surface area contributed by atoms with E-state index in [0.29, 0.717) is 24.2 Å². The van der Waals surface area contributed by atoms with Crippen molar-refractivity contribution in [3.8, 4) is 5.75 Å². The van der Waals surface area contributed by atoms with Crippen LogP contribution in [0.2, 0.25) is 0 Å². The predicted molar refractivity (Wildman–Crippen MR) is 116 cm³/mol. The minimum atomic E-state index is -0.855. The van der Waals surface area contributed by atoms with Crippen LogP contribution in [0.1, 0.15) is 40.9 Å². The highest BCUT2D eigenvalue weighted by molar-refractivity contribution is 5.98. The number of benzene rings is 2. The molecule has 0 saturated carbocycles. The summed E-state index contributed by atoms with van der Waals surface area (Å²) in [5.41, 5.74) is 2.11. The first kappa shape index (κ1) is 19.1. The van der Waals surface area contributed by atoms with E-state index >= 15 is 0 Å². The van der Waals surface area contributed by atoms with Crippen molar-refractivity contribution in [3.63, 3.8) is 0 Å². The Bertz CT molecular complexity index is 1150. The number of hydrogen-bond donors (Lipinski definition) is 2. The van der Waals surface area contributed by atoms with Crippen LogP contribution in [-0.2, 0) is 6.54 Å². The average Bonchev–Trinajstić information content (AvgIpc) is 2.78. The number of nitrogens with one attached hydrogen (secondary N) is 2. The number of aromatic nitrogens is 1. The van der Waals surface area contributed by atoms with Gasteiger partial charge < -0.3 is 15.4 Å². The van der Waals surface area contributed by atoms with Crippen molar-refractivity contribution >= 4 is 17.6 Å². The highest BCUT2D eigenvalue weighted by Gasteiger charge is 2.49. The molecular formula is C24H22N4O3. The number of ether oxygens (including phenoxy) is 1. The number of urea groups is 1. The second kappa shape index (κ2) is 7.43. The molecule has 1 aromatic heterocycles. The first-order valence-corrected chi connectivity index (χ1v) is 10.2. The number of fused-ring (bicyclic) bond motifs is 4. The van der Waals surface area contributed by atoms with Crippen LogP contribution >= 0.6 is 0 Å². The van der Waals surface area contributed by atoms with E-state index in [0.717, 1.165) is 16.9 Å². The van der Waals surface area contributed by atoms with E-state index in [2.05, 4.69) is 15.6 Å². The van der Waals surface area contributed by atoms with E-state index in [1.807, 2.05) is 49.4 Å². The van der Waals surface area contributed by atoms with Gasteiger partial charge in [0, 0.05) is 36.5 Å². The second-order valence-electron chi connectivity index (χ2n) is 7.95. The first-order valence-electron chi connectivity index (χ1n) is 10.2. The molecule has 156 valence electrons. The fourth-order valence-electron chi connectivity index (χ4n) is 4.29. The minimum Gasteiger partial charge on any atom is -0.467 e. The number of amides is 3. The highest BCUT2D eigenvalue weighted by atomic mass is 16.5. The van der Waals surface area contributed by atoms with Crippen LogP contribution in [0, 0.1) is 0 Å². The fourth-order valence-corrected chi connectivity index (χ4v) is 4.29. The maximum absolute atomic E-state index is 13.0. The topological polar surface area (TPSA) is 83.6 Å². The Labute approximate surface area is 180 Å². The molecule has 0 aliphatic carbocycles. The van der Waals surface area contributed by atoms with Gasteiger partial charge in [0.2, 0.25) is 0 Å². The van der Waals surface area contributed by atoms with E-state index in [9.17, 15) is 9.59 Å². The molecule has 1 saturated heterocycles. The molecule has 2 atom stereocenters. The van der Waals surface area contributed by atoms with Gasteiger partial charge in [-0.3, -0.25) is 14.7 Å². The number of para-hydroxylation sites is 1. The molecule has 2 aliphatic heterocycles. The molecular weight excluding hydrogens is 392 g/mol. The monoisotopic (exact) mass is 414 g/mol. The lowest BCUT2D eigenvalue weighted by molar-refractivity contribution is 0.0378. The largest absolute Gasteiger partial charge is 0.467 e. The summed E-state index contributed by atoms with van der Waals surface area (Å²) in [6.07, 6.45) is 4.01. The van der Waals surface area contributed by atoms with Crippen LogP contribution in [0.3, 0.4) is 0 Å². The Balaban J connectivity index is 1.40. The maximum atomic E-state index is 13.0. The summed E-state index contributed by atoms with van der Waals surface area (Å²) in [6, 6.07) is 18.1. The van der Waals surface area contributed by atoms with Gasteiger partial charge in [0.15, 0.2) is 5.72 Å². The van der Waals surface area contributed by atoms with Gasteiger partial charge in [0.1, 0.15) is 5.75 Å². The number of rotatable bonds is 4. The van der Waals surface area contributed by atoms with Crippen molar-refractivity contribution < 1.29 is 14.3 Å². The zero-order valence-electron chi connectivity index (χ0n) is 17.0. The fraction of sp³-hybridized carbons (Fsp3) is 0.208. The van der Waals surface area contributed by atoms with Gasteiger partial charge in [-0.25, -0.2) is 4.79 Å². The molecule has 2 N–H and O–H groups in total. The number of carbonyl (C=O) groups is 2. The van der Waals surface area contributed by atoms with Crippen molar-refractivity contribution in [1.82, 2.24) is 15.6 Å². The van der Waals surface area contributed by atoms with E-state index in [1.165, 1.54) is 0 Å². The molecule has 0 spiro atoms. The van der Waals surface area contributed by atoms with Crippen molar-refractivity contribution in [3.05, 3.63) is 89.7 Å². The van der Waals surface area contributed by atoms with Gasteiger partial charge in [-0.2, -0.15) is 0 Å². The normalized spacial score (nSPS) is 21.5. The Morgan fingerprint density at radius 3 is 2.94 bits per heavy atom. The molecule has 2 unspecified atom stereocenters. The second-order valence-corrected chi connectivity index (χ2v) is 7.95. The lowest BCUT2D eigenvalue weighted by Crippen LogP contribution is -2.65. The summed E-state index contributed by atoms with van der Waals surface area (Å²) in [5.74, 6) is 0.540. The zero-order valence-corrected chi connectivity index (χ0v) is 17.0. The van der Waals surface area contributed by atoms with Crippen LogP contribution in [0.5, 0.6) is 5.75 Å². The van der Waals surface area contributed by atoms with Gasteiger partial charge in [0.05, 0.1) is 11.7 Å². The Morgan fingerprint density at radius 1 is 1.23 bits per heavy atom. The van der Waals surface area contributed by atoms with E-state index in [4.69, 9.17) is 4.74 Å². The zero-order chi connectivity index (χ0) is 21.4. The van der Waals surface area contributed by atoms with Crippen LogP contribution in [0.4, 0.5) is 10.5 Å². The predicted octanol–water partition coefficient (Wildman–Crippen LogP) is 3.78. The van der Waals surface area contributed by atoms with Crippen molar-refractivity contribution in [1.29, 1.82) is 0 Å². The van der Waals surface area contributed by atoms with Gasteiger partial charge in [-0.15, -0.1) is 0 Å². The minimum absolute atomic E-state index is 0.107. The summed E-state index contributed by atoms with van der Waals surface area (Å²) >= 11 is 0. The van der Waals surface area contributed by atoms with Crippen molar-refractivity contribution in [2.75, 3.05) is 4.90 Å². The summed E-state index contributed by atoms with van der Waals surface area (Å²) in [7, 11) is 0. The first-order chi connectivity index (χ1) is 15.0. The molecule has 31 heavy (non-hydrogen) atoms.